The Bertz CT molecular complexity index is 1020. The first-order valence-electron chi connectivity index (χ1n) is 7.74. The van der Waals surface area contributed by atoms with Crippen LogP contribution in [0.2, 0.25) is 0 Å². The molecule has 0 saturated carbocycles. The summed E-state index contributed by atoms with van der Waals surface area (Å²) in [4.78, 5) is 33.5. The fourth-order valence-corrected chi connectivity index (χ4v) is 4.33. The van der Waals surface area contributed by atoms with Crippen LogP contribution < -0.4 is 5.56 Å². The average molecular weight is 357 g/mol. The Morgan fingerprint density at radius 1 is 1.29 bits per heavy atom. The number of carbonyl (C=O) groups is 1. The Kier molecular flexibility index (Phi) is 3.82. The zero-order valence-electron chi connectivity index (χ0n) is 12.7. The van der Waals surface area contributed by atoms with E-state index >= 15 is 0 Å². The minimum atomic E-state index is -0.245. The molecule has 2 aromatic heterocycles. The van der Waals surface area contributed by atoms with Crippen molar-refractivity contribution < 1.29 is 4.79 Å². The van der Waals surface area contributed by atoms with Crippen LogP contribution in [0.5, 0.6) is 0 Å². The van der Waals surface area contributed by atoms with Gasteiger partial charge in [0.05, 0.1) is 16.9 Å². The molecular formula is C17H15N3O2S2. The van der Waals surface area contributed by atoms with Crippen LogP contribution in [0.3, 0.4) is 0 Å². The fraction of sp³-hybridized carbons (Fsp3) is 0.235. The van der Waals surface area contributed by atoms with Crippen molar-refractivity contribution in [2.75, 3.05) is 6.54 Å². The number of fused-ring (bicyclic) bond motifs is 1. The number of aromatic nitrogens is 2. The van der Waals surface area contributed by atoms with E-state index in [1.807, 2.05) is 16.3 Å². The summed E-state index contributed by atoms with van der Waals surface area (Å²) in [5, 5.41) is 2.54. The summed E-state index contributed by atoms with van der Waals surface area (Å²) in [6.07, 6.45) is 1.99. The van der Waals surface area contributed by atoms with Gasteiger partial charge in [0, 0.05) is 17.0 Å². The maximum Gasteiger partial charge on any atom is 0.259 e. The number of carbonyl (C=O) groups excluding carboxylic acids is 1. The van der Waals surface area contributed by atoms with Gasteiger partial charge in [-0.3, -0.25) is 14.6 Å². The van der Waals surface area contributed by atoms with Crippen molar-refractivity contribution >= 4 is 40.4 Å². The third-order valence-corrected chi connectivity index (χ3v) is 5.55. The van der Waals surface area contributed by atoms with Crippen LogP contribution in [0.25, 0.3) is 10.9 Å². The molecule has 24 heavy (non-hydrogen) atoms. The molecule has 1 aliphatic heterocycles. The van der Waals surface area contributed by atoms with E-state index < -0.39 is 0 Å². The summed E-state index contributed by atoms with van der Waals surface area (Å²) in [6.45, 7) is 0.755. The molecule has 1 fully saturated rings. The molecule has 1 aromatic carbocycles. The highest BCUT2D eigenvalue weighted by Gasteiger charge is 2.31. The molecule has 1 amide bonds. The Morgan fingerprint density at radius 3 is 2.96 bits per heavy atom. The van der Waals surface area contributed by atoms with Gasteiger partial charge in [0.2, 0.25) is 0 Å². The van der Waals surface area contributed by atoms with Crippen LogP contribution >= 0.6 is 23.6 Å². The first-order chi connectivity index (χ1) is 11.6. The van der Waals surface area contributed by atoms with E-state index in [1.165, 1.54) is 4.88 Å². The number of hydrogen-bond acceptors (Lipinski definition) is 4. The smallest absolute Gasteiger partial charge is 0.259 e. The van der Waals surface area contributed by atoms with Crippen LogP contribution in [0, 0.1) is 4.77 Å². The number of hydrogen-bond donors (Lipinski definition) is 2. The molecule has 4 rings (SSSR count). The van der Waals surface area contributed by atoms with Crippen molar-refractivity contribution in [3.05, 3.63) is 61.3 Å². The van der Waals surface area contributed by atoms with E-state index in [0.717, 1.165) is 19.4 Å². The molecule has 0 radical (unpaired) electrons. The average Bonchev–Trinajstić information content (AvgIpc) is 3.24. The molecule has 0 bridgehead atoms. The number of benzene rings is 1. The minimum absolute atomic E-state index is 0.00704. The van der Waals surface area contributed by atoms with Gasteiger partial charge in [-0.2, -0.15) is 0 Å². The van der Waals surface area contributed by atoms with Crippen LogP contribution in [0.15, 0.2) is 40.5 Å². The van der Waals surface area contributed by atoms with Crippen LogP contribution in [0.4, 0.5) is 0 Å². The van der Waals surface area contributed by atoms with Gasteiger partial charge in [-0.05, 0) is 54.7 Å². The van der Waals surface area contributed by atoms with Gasteiger partial charge >= 0.3 is 0 Å². The maximum absolute atomic E-state index is 13.0. The molecule has 7 heteroatoms. The lowest BCUT2D eigenvalue weighted by Gasteiger charge is -2.24. The van der Waals surface area contributed by atoms with Crippen molar-refractivity contribution in [1.29, 1.82) is 0 Å². The molecule has 3 heterocycles. The largest absolute Gasteiger partial charge is 0.332 e. The van der Waals surface area contributed by atoms with Crippen molar-refractivity contribution in [2.24, 2.45) is 0 Å². The summed E-state index contributed by atoms with van der Waals surface area (Å²) >= 11 is 6.69. The molecule has 2 N–H and O–H groups in total. The number of aromatic amines is 2. The standard InChI is InChI=1S/C17H15N3O2S2/c21-15-11-6-5-10(9-12(11)18-17(23)19-15)16(22)20-7-1-3-13(20)14-4-2-8-24-14/h2,4-6,8-9,13H,1,3,7H2,(H2,18,19,21,23)/t13-/m0/s1. The third kappa shape index (κ3) is 2.59. The Morgan fingerprint density at radius 2 is 2.17 bits per heavy atom. The van der Waals surface area contributed by atoms with E-state index in [1.54, 1.807) is 29.5 Å². The van der Waals surface area contributed by atoms with E-state index in [2.05, 4.69) is 16.0 Å². The van der Waals surface area contributed by atoms with Crippen molar-refractivity contribution in [1.82, 2.24) is 14.9 Å². The minimum Gasteiger partial charge on any atom is -0.332 e. The van der Waals surface area contributed by atoms with E-state index in [9.17, 15) is 9.59 Å². The number of amides is 1. The highest BCUT2D eigenvalue weighted by Crippen LogP contribution is 2.35. The van der Waals surface area contributed by atoms with Gasteiger partial charge in [0.15, 0.2) is 4.77 Å². The summed E-state index contributed by atoms with van der Waals surface area (Å²) in [6, 6.07) is 9.34. The molecule has 3 aromatic rings. The molecule has 0 aliphatic carbocycles. The summed E-state index contributed by atoms with van der Waals surface area (Å²) in [7, 11) is 0. The lowest BCUT2D eigenvalue weighted by Crippen LogP contribution is -2.30. The highest BCUT2D eigenvalue weighted by atomic mass is 32.1. The van der Waals surface area contributed by atoms with Gasteiger partial charge in [-0.15, -0.1) is 11.3 Å². The number of H-pyrrole nitrogens is 2. The third-order valence-electron chi connectivity index (χ3n) is 4.37. The van der Waals surface area contributed by atoms with Gasteiger partial charge in [-0.1, -0.05) is 6.07 Å². The van der Waals surface area contributed by atoms with Crippen molar-refractivity contribution in [3.63, 3.8) is 0 Å². The summed E-state index contributed by atoms with van der Waals surface area (Å²) in [5.41, 5.74) is 0.911. The van der Waals surface area contributed by atoms with Crippen molar-refractivity contribution in [3.8, 4) is 0 Å². The molecule has 0 spiro atoms. The van der Waals surface area contributed by atoms with Crippen LogP contribution in [-0.2, 0) is 0 Å². The maximum atomic E-state index is 13.0. The van der Waals surface area contributed by atoms with E-state index in [4.69, 9.17) is 12.2 Å². The molecular weight excluding hydrogens is 342 g/mol. The van der Waals surface area contributed by atoms with E-state index in [-0.39, 0.29) is 22.3 Å². The zero-order chi connectivity index (χ0) is 16.7. The normalized spacial score (nSPS) is 17.5. The summed E-state index contributed by atoms with van der Waals surface area (Å²) < 4.78 is 0.259. The Labute approximate surface area is 147 Å². The number of rotatable bonds is 2. The SMILES string of the molecule is O=C(c1ccc2c(=O)[nH]c(=S)[nH]c2c1)N1CCC[C@H]1c1cccs1. The van der Waals surface area contributed by atoms with Crippen LogP contribution in [0.1, 0.15) is 34.1 Å². The van der Waals surface area contributed by atoms with Gasteiger partial charge in [-0.25, -0.2) is 0 Å². The monoisotopic (exact) mass is 357 g/mol. The van der Waals surface area contributed by atoms with Gasteiger partial charge < -0.3 is 9.88 Å². The van der Waals surface area contributed by atoms with Gasteiger partial charge in [0.25, 0.3) is 11.5 Å². The topological polar surface area (TPSA) is 69.0 Å². The number of likely N-dealkylation sites (tertiary alicyclic amines) is 1. The van der Waals surface area contributed by atoms with Crippen LogP contribution in [-0.4, -0.2) is 27.3 Å². The Hall–Kier alpha value is -2.25. The first-order valence-corrected chi connectivity index (χ1v) is 9.03. The van der Waals surface area contributed by atoms with E-state index in [0.29, 0.717) is 16.5 Å². The molecule has 1 saturated heterocycles. The molecule has 0 unspecified atom stereocenters. The summed E-state index contributed by atoms with van der Waals surface area (Å²) in [5.74, 6) is -0.00704. The number of nitrogens with zero attached hydrogens (tertiary/aromatic N) is 1. The highest BCUT2D eigenvalue weighted by molar-refractivity contribution is 7.71. The van der Waals surface area contributed by atoms with Gasteiger partial charge in [0.1, 0.15) is 0 Å². The lowest BCUT2D eigenvalue weighted by molar-refractivity contribution is 0.0738. The number of nitrogens with one attached hydrogen (secondary N) is 2. The predicted molar refractivity (Wildman–Crippen MR) is 97.1 cm³/mol. The second-order valence-corrected chi connectivity index (χ2v) is 7.23. The lowest BCUT2D eigenvalue weighted by atomic mass is 10.1. The second kappa shape index (κ2) is 5.99. The number of thiophene rings is 1. The zero-order valence-corrected chi connectivity index (χ0v) is 14.4. The van der Waals surface area contributed by atoms with Crippen molar-refractivity contribution in [2.45, 2.75) is 18.9 Å². The quantitative estimate of drug-likeness (QED) is 0.688. The fourth-order valence-electron chi connectivity index (χ4n) is 3.25. The predicted octanol–water partition coefficient (Wildman–Crippen LogP) is 3.62. The molecule has 1 aliphatic rings. The molecule has 5 nitrogen and oxygen atoms in total. The molecule has 122 valence electrons. The first kappa shape index (κ1) is 15.3. The second-order valence-electron chi connectivity index (χ2n) is 5.84. The molecule has 1 atom stereocenters. The Balaban J connectivity index is 1.73.